The smallest absolute Gasteiger partial charge is 0.223 e. The first-order valence-corrected chi connectivity index (χ1v) is 4.92. The summed E-state index contributed by atoms with van der Waals surface area (Å²) in [6.07, 6.45) is 0. The Bertz CT molecular complexity index is 438. The van der Waals surface area contributed by atoms with Gasteiger partial charge in [0.15, 0.2) is 5.96 Å². The van der Waals surface area contributed by atoms with Crippen molar-refractivity contribution >= 4 is 30.0 Å². The number of nitrogens with two attached hydrogens (primary N) is 3. The van der Waals surface area contributed by atoms with Crippen molar-refractivity contribution in [3.05, 3.63) is 28.8 Å². The molecule has 0 unspecified atom stereocenters. The van der Waals surface area contributed by atoms with E-state index in [-0.39, 0.29) is 24.3 Å². The van der Waals surface area contributed by atoms with Crippen molar-refractivity contribution in [2.24, 2.45) is 27.2 Å². The molecule has 0 amide bonds. The highest BCUT2D eigenvalue weighted by molar-refractivity contribution is 5.93. The molecule has 6 heteroatoms. The summed E-state index contributed by atoms with van der Waals surface area (Å²) in [6, 6.07) is 4.07. The molecule has 1 aromatic rings. The molecule has 0 atom stereocenters. The van der Waals surface area contributed by atoms with Crippen molar-refractivity contribution in [3.63, 3.8) is 0 Å². The highest BCUT2D eigenvalue weighted by Gasteiger charge is 2.03. The third kappa shape index (κ3) is 4.32. The van der Waals surface area contributed by atoms with Gasteiger partial charge >= 0.3 is 0 Å². The van der Waals surface area contributed by atoms with Crippen molar-refractivity contribution in [1.29, 1.82) is 0 Å². The molecule has 0 saturated carbocycles. The lowest BCUT2D eigenvalue weighted by molar-refractivity contribution is 1.27. The van der Waals surface area contributed by atoms with Gasteiger partial charge in [0.25, 0.3) is 0 Å². The molecule has 0 spiro atoms. The average molecular weight is 256 g/mol. The third-order valence-electron chi connectivity index (χ3n) is 2.11. The first-order valence-electron chi connectivity index (χ1n) is 4.92. The van der Waals surface area contributed by atoms with E-state index in [1.807, 2.05) is 32.9 Å². The number of guanidine groups is 2. The molecule has 1 rings (SSSR count). The number of halogens is 1. The second kappa shape index (κ2) is 6.10. The summed E-state index contributed by atoms with van der Waals surface area (Å²) in [5, 5.41) is 0. The van der Waals surface area contributed by atoms with E-state index in [1.165, 1.54) is 5.56 Å². The predicted octanol–water partition coefficient (Wildman–Crippen LogP) is 1.25. The zero-order valence-corrected chi connectivity index (χ0v) is 11.0. The van der Waals surface area contributed by atoms with Crippen LogP contribution in [0.25, 0.3) is 0 Å². The molecule has 6 N–H and O–H groups in total. The van der Waals surface area contributed by atoms with Crippen molar-refractivity contribution in [3.8, 4) is 0 Å². The van der Waals surface area contributed by atoms with Crippen LogP contribution in [0.3, 0.4) is 0 Å². The Hall–Kier alpha value is -1.75. The SMILES string of the molecule is Cc1cc(C)c(N=C(N)N=C(N)N)c(C)c1.Cl. The fraction of sp³-hybridized carbons (Fsp3) is 0.273. The summed E-state index contributed by atoms with van der Waals surface area (Å²) in [5.41, 5.74) is 20.1. The minimum Gasteiger partial charge on any atom is -0.370 e. The van der Waals surface area contributed by atoms with Crippen molar-refractivity contribution < 1.29 is 0 Å². The second-order valence-electron chi connectivity index (χ2n) is 3.75. The Kier molecular flexibility index (Phi) is 5.47. The van der Waals surface area contributed by atoms with Gasteiger partial charge in [-0.05, 0) is 31.9 Å². The molecule has 0 fully saturated rings. The standard InChI is InChI=1S/C11H17N5.ClH/c1-6-4-7(2)9(8(3)5-6)15-11(14)16-10(12)13;/h4-5H,1-3H3,(H6,12,13,14,15,16);1H. The molecular weight excluding hydrogens is 238 g/mol. The summed E-state index contributed by atoms with van der Waals surface area (Å²) in [6.45, 7) is 5.98. The molecular formula is C11H18ClN5. The van der Waals surface area contributed by atoms with Gasteiger partial charge in [-0.3, -0.25) is 0 Å². The quantitative estimate of drug-likeness (QED) is 0.520. The first-order chi connectivity index (χ1) is 7.40. The maximum absolute atomic E-state index is 5.58. The Morgan fingerprint density at radius 1 is 1.00 bits per heavy atom. The van der Waals surface area contributed by atoms with E-state index in [4.69, 9.17) is 17.2 Å². The van der Waals surface area contributed by atoms with Gasteiger partial charge in [0.05, 0.1) is 5.69 Å². The van der Waals surface area contributed by atoms with Crippen molar-refractivity contribution in [1.82, 2.24) is 0 Å². The minimum atomic E-state index is -0.0938. The monoisotopic (exact) mass is 255 g/mol. The van der Waals surface area contributed by atoms with E-state index >= 15 is 0 Å². The van der Waals surface area contributed by atoms with Crippen LogP contribution < -0.4 is 17.2 Å². The lowest BCUT2D eigenvalue weighted by Gasteiger charge is -2.06. The Labute approximate surface area is 107 Å². The average Bonchev–Trinajstić information content (AvgIpc) is 2.09. The first kappa shape index (κ1) is 15.2. The van der Waals surface area contributed by atoms with Crippen LogP contribution in [-0.2, 0) is 0 Å². The number of aryl methyl sites for hydroxylation is 3. The lowest BCUT2D eigenvalue weighted by atomic mass is 10.1. The maximum atomic E-state index is 5.58. The van der Waals surface area contributed by atoms with Crippen LogP contribution in [0.5, 0.6) is 0 Å². The highest BCUT2D eigenvalue weighted by atomic mass is 35.5. The number of benzene rings is 1. The molecule has 0 radical (unpaired) electrons. The van der Waals surface area contributed by atoms with Crippen molar-refractivity contribution in [2.75, 3.05) is 0 Å². The zero-order valence-electron chi connectivity index (χ0n) is 10.2. The zero-order chi connectivity index (χ0) is 12.3. The Morgan fingerprint density at radius 2 is 1.47 bits per heavy atom. The highest BCUT2D eigenvalue weighted by Crippen LogP contribution is 2.24. The molecule has 0 bridgehead atoms. The topological polar surface area (TPSA) is 103 Å². The summed E-state index contributed by atoms with van der Waals surface area (Å²) < 4.78 is 0. The number of hydrogen-bond acceptors (Lipinski definition) is 1. The molecule has 5 nitrogen and oxygen atoms in total. The van der Waals surface area contributed by atoms with Gasteiger partial charge in [0, 0.05) is 0 Å². The summed E-state index contributed by atoms with van der Waals surface area (Å²) in [5.74, 6) is -0.0290. The molecule has 1 aromatic carbocycles. The van der Waals surface area contributed by atoms with Crippen molar-refractivity contribution in [2.45, 2.75) is 20.8 Å². The molecule has 17 heavy (non-hydrogen) atoms. The summed E-state index contributed by atoms with van der Waals surface area (Å²) in [4.78, 5) is 7.86. The number of nitrogens with zero attached hydrogens (tertiary/aromatic N) is 2. The van der Waals surface area contributed by atoms with Crippen LogP contribution in [0.2, 0.25) is 0 Å². The fourth-order valence-electron chi connectivity index (χ4n) is 1.62. The number of rotatable bonds is 1. The van der Waals surface area contributed by atoms with Gasteiger partial charge in [-0.25, -0.2) is 4.99 Å². The Morgan fingerprint density at radius 3 is 1.88 bits per heavy atom. The van der Waals surface area contributed by atoms with Crippen LogP contribution in [0.15, 0.2) is 22.1 Å². The largest absolute Gasteiger partial charge is 0.370 e. The normalized spacial score (nSPS) is 10.6. The van der Waals surface area contributed by atoms with Crippen LogP contribution in [0, 0.1) is 20.8 Å². The van der Waals surface area contributed by atoms with Gasteiger partial charge in [-0.15, -0.1) is 12.4 Å². The van der Waals surface area contributed by atoms with Gasteiger partial charge < -0.3 is 17.2 Å². The van der Waals surface area contributed by atoms with Crippen LogP contribution in [-0.4, -0.2) is 11.9 Å². The van der Waals surface area contributed by atoms with E-state index in [0.717, 1.165) is 16.8 Å². The van der Waals surface area contributed by atoms with Gasteiger partial charge in [0.1, 0.15) is 0 Å². The molecule has 0 saturated heterocycles. The van der Waals surface area contributed by atoms with E-state index < -0.39 is 0 Å². The number of aliphatic imine (C=N–C) groups is 2. The van der Waals surface area contributed by atoms with E-state index in [0.29, 0.717) is 0 Å². The molecule has 0 heterocycles. The van der Waals surface area contributed by atoms with Gasteiger partial charge in [-0.2, -0.15) is 4.99 Å². The summed E-state index contributed by atoms with van der Waals surface area (Å²) >= 11 is 0. The molecule has 0 aliphatic heterocycles. The fourth-order valence-corrected chi connectivity index (χ4v) is 1.62. The maximum Gasteiger partial charge on any atom is 0.223 e. The molecule has 0 aliphatic rings. The molecule has 0 aromatic heterocycles. The second-order valence-corrected chi connectivity index (χ2v) is 3.75. The summed E-state index contributed by atoms with van der Waals surface area (Å²) in [7, 11) is 0. The van der Waals surface area contributed by atoms with Gasteiger partial charge in [-0.1, -0.05) is 17.7 Å². The van der Waals surface area contributed by atoms with E-state index in [9.17, 15) is 0 Å². The van der Waals surface area contributed by atoms with Crippen LogP contribution in [0.1, 0.15) is 16.7 Å². The molecule has 94 valence electrons. The Balaban J connectivity index is 0.00000256. The van der Waals surface area contributed by atoms with E-state index in [1.54, 1.807) is 0 Å². The predicted molar refractivity (Wildman–Crippen MR) is 75.0 cm³/mol. The molecule has 0 aliphatic carbocycles. The van der Waals surface area contributed by atoms with E-state index in [2.05, 4.69) is 9.98 Å². The van der Waals surface area contributed by atoms with Crippen LogP contribution >= 0.6 is 12.4 Å². The van der Waals surface area contributed by atoms with Crippen LogP contribution in [0.4, 0.5) is 5.69 Å². The van der Waals surface area contributed by atoms with Gasteiger partial charge in [0.2, 0.25) is 5.96 Å². The minimum absolute atomic E-state index is 0. The number of hydrogen-bond donors (Lipinski definition) is 3. The lowest BCUT2D eigenvalue weighted by Crippen LogP contribution is -2.26. The third-order valence-corrected chi connectivity index (χ3v) is 2.11.